The third-order valence-corrected chi connectivity index (χ3v) is 4.19. The molecule has 0 aliphatic heterocycles. The van der Waals surface area contributed by atoms with Crippen LogP contribution in [0.4, 0.5) is 0 Å². The summed E-state index contributed by atoms with van der Waals surface area (Å²) in [5, 5.41) is 13.0. The molecule has 0 heterocycles. The lowest BCUT2D eigenvalue weighted by Gasteiger charge is -2.49. The Morgan fingerprint density at radius 1 is 1.60 bits per heavy atom. The van der Waals surface area contributed by atoms with Crippen molar-refractivity contribution in [3.05, 3.63) is 0 Å². The summed E-state index contributed by atoms with van der Waals surface area (Å²) in [7, 11) is 0. The van der Waals surface area contributed by atoms with Crippen LogP contribution in [0.25, 0.3) is 0 Å². The second-order valence-electron chi connectivity index (χ2n) is 5.05. The van der Waals surface area contributed by atoms with E-state index < -0.39 is 0 Å². The number of thioether (sulfide) groups is 1. The van der Waals surface area contributed by atoms with Crippen molar-refractivity contribution in [1.82, 2.24) is 5.32 Å². The molecule has 1 aliphatic rings. The Bertz CT molecular complexity index is 241. The lowest BCUT2D eigenvalue weighted by atomic mass is 9.64. The van der Waals surface area contributed by atoms with Gasteiger partial charge in [0.15, 0.2) is 0 Å². The molecule has 0 spiro atoms. The fraction of sp³-hybridized carbons (Fsp3) is 0.909. The molecule has 0 aromatic rings. The highest BCUT2D eigenvalue weighted by atomic mass is 32.2. The highest BCUT2D eigenvalue weighted by Crippen LogP contribution is 2.40. The summed E-state index contributed by atoms with van der Waals surface area (Å²) < 4.78 is 0. The Morgan fingerprint density at radius 2 is 2.20 bits per heavy atom. The van der Waals surface area contributed by atoms with Crippen molar-refractivity contribution in [3.63, 3.8) is 0 Å². The van der Waals surface area contributed by atoms with Crippen LogP contribution in [0.5, 0.6) is 0 Å². The summed E-state index contributed by atoms with van der Waals surface area (Å²) in [6.45, 7) is 8.13. The zero-order valence-corrected chi connectivity index (χ0v) is 10.7. The van der Waals surface area contributed by atoms with Crippen LogP contribution in [0.3, 0.4) is 0 Å². The first-order valence-corrected chi connectivity index (χ1v) is 6.48. The minimum Gasteiger partial charge on any atom is -0.392 e. The first kappa shape index (κ1) is 12.8. The van der Waals surface area contributed by atoms with Crippen LogP contribution < -0.4 is 5.32 Å². The van der Waals surface area contributed by atoms with Gasteiger partial charge >= 0.3 is 0 Å². The number of nitrogens with one attached hydrogen (secondary N) is 1. The number of carbonyl (C=O) groups is 1. The SMILES string of the molecule is CC(C)SCC(=O)NC1CC(O)C1(C)C. The first-order valence-electron chi connectivity index (χ1n) is 5.43. The van der Waals surface area contributed by atoms with Crippen molar-refractivity contribution in [1.29, 1.82) is 0 Å². The fourth-order valence-corrected chi connectivity index (χ4v) is 2.19. The third kappa shape index (κ3) is 3.11. The van der Waals surface area contributed by atoms with E-state index in [4.69, 9.17) is 0 Å². The number of aliphatic hydroxyl groups is 1. The Kier molecular flexibility index (Phi) is 4.06. The third-order valence-electron chi connectivity index (χ3n) is 3.10. The summed E-state index contributed by atoms with van der Waals surface area (Å²) in [4.78, 5) is 11.5. The second kappa shape index (κ2) is 4.74. The molecule has 1 fully saturated rings. The minimum atomic E-state index is -0.277. The molecule has 1 rings (SSSR count). The van der Waals surface area contributed by atoms with Gasteiger partial charge in [-0.05, 0) is 11.7 Å². The van der Waals surface area contributed by atoms with E-state index in [0.717, 1.165) is 0 Å². The van der Waals surface area contributed by atoms with Crippen molar-refractivity contribution < 1.29 is 9.90 Å². The van der Waals surface area contributed by atoms with Gasteiger partial charge in [-0.15, -0.1) is 11.8 Å². The van der Waals surface area contributed by atoms with E-state index in [1.807, 2.05) is 13.8 Å². The zero-order valence-electron chi connectivity index (χ0n) is 9.91. The molecule has 0 bridgehead atoms. The second-order valence-corrected chi connectivity index (χ2v) is 6.62. The fourth-order valence-electron chi connectivity index (χ4n) is 1.63. The van der Waals surface area contributed by atoms with E-state index in [2.05, 4.69) is 19.2 Å². The average Bonchev–Trinajstić information content (AvgIpc) is 2.14. The van der Waals surface area contributed by atoms with E-state index in [9.17, 15) is 9.90 Å². The molecule has 0 saturated heterocycles. The maximum Gasteiger partial charge on any atom is 0.230 e. The average molecular weight is 231 g/mol. The van der Waals surface area contributed by atoms with Crippen LogP contribution in [0.15, 0.2) is 0 Å². The minimum absolute atomic E-state index is 0.0821. The zero-order chi connectivity index (χ0) is 11.6. The molecule has 2 atom stereocenters. The largest absolute Gasteiger partial charge is 0.392 e. The van der Waals surface area contributed by atoms with Gasteiger partial charge in [0.2, 0.25) is 5.91 Å². The standard InChI is InChI=1S/C11H21NO2S/c1-7(2)15-6-10(14)12-8-5-9(13)11(8,3)4/h7-9,13H,5-6H2,1-4H3,(H,12,14). The Hall–Kier alpha value is -0.220. The molecule has 2 unspecified atom stereocenters. The number of aliphatic hydroxyl groups excluding tert-OH is 1. The molecule has 0 radical (unpaired) electrons. The lowest BCUT2D eigenvalue weighted by molar-refractivity contribution is -0.126. The van der Waals surface area contributed by atoms with Crippen LogP contribution in [0.1, 0.15) is 34.1 Å². The van der Waals surface area contributed by atoms with E-state index in [1.54, 1.807) is 11.8 Å². The summed E-state index contributed by atoms with van der Waals surface area (Å²) in [6, 6.07) is 0.132. The number of carbonyl (C=O) groups excluding carboxylic acids is 1. The van der Waals surface area contributed by atoms with E-state index in [-0.39, 0.29) is 23.5 Å². The molecule has 1 saturated carbocycles. The van der Waals surface area contributed by atoms with Crippen molar-refractivity contribution >= 4 is 17.7 Å². The molecule has 1 amide bonds. The van der Waals surface area contributed by atoms with E-state index >= 15 is 0 Å². The number of amides is 1. The Morgan fingerprint density at radius 3 is 2.60 bits per heavy atom. The van der Waals surface area contributed by atoms with Crippen molar-refractivity contribution in [2.45, 2.75) is 51.5 Å². The number of hydrogen-bond donors (Lipinski definition) is 2. The van der Waals surface area contributed by atoms with Gasteiger partial charge in [-0.2, -0.15) is 0 Å². The van der Waals surface area contributed by atoms with Gasteiger partial charge in [0.1, 0.15) is 0 Å². The van der Waals surface area contributed by atoms with Crippen LogP contribution in [0, 0.1) is 5.41 Å². The van der Waals surface area contributed by atoms with Crippen LogP contribution in [0.2, 0.25) is 0 Å². The highest BCUT2D eigenvalue weighted by Gasteiger charge is 2.47. The summed E-state index contributed by atoms with van der Waals surface area (Å²) in [6.07, 6.45) is 0.408. The smallest absolute Gasteiger partial charge is 0.230 e. The molecule has 15 heavy (non-hydrogen) atoms. The van der Waals surface area contributed by atoms with Gasteiger partial charge in [-0.1, -0.05) is 27.7 Å². The van der Waals surface area contributed by atoms with Crippen LogP contribution in [-0.4, -0.2) is 34.2 Å². The van der Waals surface area contributed by atoms with Crippen LogP contribution >= 0.6 is 11.8 Å². The van der Waals surface area contributed by atoms with Crippen molar-refractivity contribution in [3.8, 4) is 0 Å². The van der Waals surface area contributed by atoms with Crippen molar-refractivity contribution in [2.75, 3.05) is 5.75 Å². The monoisotopic (exact) mass is 231 g/mol. The maximum absolute atomic E-state index is 11.5. The van der Waals surface area contributed by atoms with Gasteiger partial charge in [-0.3, -0.25) is 4.79 Å². The summed E-state index contributed by atoms with van der Waals surface area (Å²) >= 11 is 1.64. The molecular weight excluding hydrogens is 210 g/mol. The van der Waals surface area contributed by atoms with Gasteiger partial charge in [0.05, 0.1) is 11.9 Å². The normalized spacial score (nSPS) is 28.7. The van der Waals surface area contributed by atoms with Gasteiger partial charge in [0.25, 0.3) is 0 Å². The van der Waals surface area contributed by atoms with E-state index in [1.165, 1.54) is 0 Å². The van der Waals surface area contributed by atoms with Crippen molar-refractivity contribution in [2.24, 2.45) is 5.41 Å². The Balaban J connectivity index is 2.28. The molecule has 3 nitrogen and oxygen atoms in total. The van der Waals surface area contributed by atoms with E-state index in [0.29, 0.717) is 17.4 Å². The highest BCUT2D eigenvalue weighted by molar-refractivity contribution is 8.00. The molecule has 0 aromatic carbocycles. The quantitative estimate of drug-likeness (QED) is 0.769. The molecule has 88 valence electrons. The predicted octanol–water partition coefficient (Wildman–Crippen LogP) is 1.40. The molecular formula is C11H21NO2S. The molecule has 4 heteroatoms. The van der Waals surface area contributed by atoms with Gasteiger partial charge in [0, 0.05) is 11.5 Å². The molecule has 2 N–H and O–H groups in total. The Labute approximate surface area is 96.0 Å². The topological polar surface area (TPSA) is 49.3 Å². The predicted molar refractivity (Wildman–Crippen MR) is 63.9 cm³/mol. The summed E-state index contributed by atoms with van der Waals surface area (Å²) in [5.74, 6) is 0.596. The maximum atomic E-state index is 11.5. The lowest BCUT2D eigenvalue weighted by Crippen LogP contribution is -2.61. The number of rotatable bonds is 4. The van der Waals surface area contributed by atoms with Crippen LogP contribution in [-0.2, 0) is 4.79 Å². The summed E-state index contributed by atoms with van der Waals surface area (Å²) in [5.41, 5.74) is -0.168. The van der Waals surface area contributed by atoms with Gasteiger partial charge in [-0.25, -0.2) is 0 Å². The van der Waals surface area contributed by atoms with Gasteiger partial charge < -0.3 is 10.4 Å². The molecule has 0 aromatic heterocycles. The first-order chi connectivity index (χ1) is 6.84. The number of hydrogen-bond acceptors (Lipinski definition) is 3. The molecule has 1 aliphatic carbocycles.